The average Bonchev–Trinajstić information content (AvgIpc) is 2.93. The van der Waals surface area contributed by atoms with Gasteiger partial charge in [-0.15, -0.1) is 0 Å². The first-order valence-corrected chi connectivity index (χ1v) is 15.1. The van der Waals surface area contributed by atoms with E-state index in [1.165, 1.54) is 4.68 Å². The molecule has 1 aromatic heterocycles. The number of methoxy groups -OCH3 is 1. The summed E-state index contributed by atoms with van der Waals surface area (Å²) in [7, 11) is 1.56. The Hall–Kier alpha value is -3.36. The zero-order chi connectivity index (χ0) is 30.8. The Morgan fingerprint density at radius 3 is 2.48 bits per heavy atom. The maximum atomic E-state index is 13.9. The molecule has 42 heavy (non-hydrogen) atoms. The van der Waals surface area contributed by atoms with Gasteiger partial charge in [0.05, 0.1) is 37.4 Å². The predicted octanol–water partition coefficient (Wildman–Crippen LogP) is 8.63. The maximum absolute atomic E-state index is 13.9. The standard InChI is InChI=1S/C33H37BrClN3O4/c1-9-41-26-14-20(4)24(16-23(26)19(2)3)31-37-25-13-11-10-12-22(25)32(39)38(31)36-17-21-15-27(40-8)30(29(35)28(21)34)42-18-33(5,6)7/h10-17,19H,9,18H2,1-8H3. The van der Waals surface area contributed by atoms with E-state index in [0.717, 1.165) is 22.4 Å². The largest absolute Gasteiger partial charge is 0.494 e. The number of aromatic nitrogens is 2. The van der Waals surface area contributed by atoms with E-state index in [2.05, 4.69) is 55.7 Å². The second kappa shape index (κ2) is 12.9. The second-order valence-corrected chi connectivity index (χ2v) is 12.8. The highest BCUT2D eigenvalue weighted by Crippen LogP contribution is 2.43. The number of fused-ring (bicyclic) bond motifs is 1. The van der Waals surface area contributed by atoms with Crippen LogP contribution >= 0.6 is 27.5 Å². The third-order valence-electron chi connectivity index (χ3n) is 6.61. The Bertz CT molecular complexity index is 1710. The SMILES string of the molecule is CCOc1cc(C)c(-c2nc3ccccc3c(=O)n2N=Cc2cc(OC)c(OCC(C)(C)C)c(Cl)c2Br)cc1C(C)C. The van der Waals surface area contributed by atoms with Crippen molar-refractivity contribution in [1.82, 2.24) is 9.66 Å². The zero-order valence-electron chi connectivity index (χ0n) is 25.3. The number of hydrogen-bond donors (Lipinski definition) is 0. The van der Waals surface area contributed by atoms with E-state index >= 15 is 0 Å². The van der Waals surface area contributed by atoms with Crippen LogP contribution in [0.3, 0.4) is 0 Å². The summed E-state index contributed by atoms with van der Waals surface area (Å²) >= 11 is 10.3. The topological polar surface area (TPSA) is 74.9 Å². The van der Waals surface area contributed by atoms with Crippen molar-refractivity contribution >= 4 is 44.6 Å². The van der Waals surface area contributed by atoms with Crippen LogP contribution in [0, 0.1) is 12.3 Å². The lowest BCUT2D eigenvalue weighted by Crippen LogP contribution is -2.21. The molecule has 0 amide bonds. The quantitative estimate of drug-likeness (QED) is 0.169. The van der Waals surface area contributed by atoms with E-state index < -0.39 is 0 Å². The molecule has 0 bridgehead atoms. The average molecular weight is 655 g/mol. The van der Waals surface area contributed by atoms with Crippen LogP contribution in [-0.4, -0.2) is 36.2 Å². The van der Waals surface area contributed by atoms with Crippen molar-refractivity contribution in [2.24, 2.45) is 10.5 Å². The van der Waals surface area contributed by atoms with Crippen molar-refractivity contribution in [2.75, 3.05) is 20.3 Å². The molecule has 4 rings (SSSR count). The fourth-order valence-electron chi connectivity index (χ4n) is 4.47. The monoisotopic (exact) mass is 653 g/mol. The van der Waals surface area contributed by atoms with Crippen LogP contribution in [0.2, 0.25) is 5.02 Å². The summed E-state index contributed by atoms with van der Waals surface area (Å²) in [5.74, 6) is 2.35. The summed E-state index contributed by atoms with van der Waals surface area (Å²) in [6, 6.07) is 13.1. The minimum atomic E-state index is -0.287. The highest BCUT2D eigenvalue weighted by molar-refractivity contribution is 9.10. The van der Waals surface area contributed by atoms with Crippen LogP contribution in [0.4, 0.5) is 0 Å². The van der Waals surface area contributed by atoms with Crippen molar-refractivity contribution < 1.29 is 14.2 Å². The summed E-state index contributed by atoms with van der Waals surface area (Å²) in [5, 5.41) is 5.49. The molecule has 0 fully saturated rings. The summed E-state index contributed by atoms with van der Waals surface area (Å²) in [6.45, 7) is 15.4. The maximum Gasteiger partial charge on any atom is 0.282 e. The number of rotatable bonds is 9. The fourth-order valence-corrected chi connectivity index (χ4v) is 5.12. The van der Waals surface area contributed by atoms with Crippen molar-refractivity contribution in [3.8, 4) is 28.6 Å². The molecule has 0 spiro atoms. The molecule has 0 unspecified atom stereocenters. The van der Waals surface area contributed by atoms with Crippen molar-refractivity contribution in [3.63, 3.8) is 0 Å². The van der Waals surface area contributed by atoms with Crippen molar-refractivity contribution in [3.05, 3.63) is 79.0 Å². The molecule has 7 nitrogen and oxygen atoms in total. The van der Waals surface area contributed by atoms with Gasteiger partial charge in [0.15, 0.2) is 17.3 Å². The molecular formula is C33H37BrClN3O4. The molecule has 0 aliphatic heterocycles. The van der Waals surface area contributed by atoms with E-state index in [9.17, 15) is 4.79 Å². The highest BCUT2D eigenvalue weighted by Gasteiger charge is 2.21. The molecule has 0 saturated heterocycles. The van der Waals surface area contributed by atoms with Gasteiger partial charge in [0.2, 0.25) is 0 Å². The number of para-hydroxylation sites is 1. The van der Waals surface area contributed by atoms with Gasteiger partial charge in [-0.05, 0) is 82.6 Å². The first kappa shape index (κ1) is 31.6. The van der Waals surface area contributed by atoms with Gasteiger partial charge in [-0.1, -0.05) is 58.4 Å². The molecular weight excluding hydrogens is 618 g/mol. The van der Waals surface area contributed by atoms with Crippen LogP contribution in [0.15, 0.2) is 56.8 Å². The lowest BCUT2D eigenvalue weighted by molar-refractivity contribution is 0.191. The fraction of sp³-hybridized carbons (Fsp3) is 0.364. The summed E-state index contributed by atoms with van der Waals surface area (Å²) in [4.78, 5) is 18.8. The third kappa shape index (κ3) is 6.65. The number of benzene rings is 3. The van der Waals surface area contributed by atoms with Crippen molar-refractivity contribution in [1.29, 1.82) is 0 Å². The van der Waals surface area contributed by atoms with E-state index in [1.807, 2.05) is 44.2 Å². The van der Waals surface area contributed by atoms with E-state index in [0.29, 0.717) is 56.5 Å². The van der Waals surface area contributed by atoms with Gasteiger partial charge < -0.3 is 14.2 Å². The molecule has 0 atom stereocenters. The summed E-state index contributed by atoms with van der Waals surface area (Å²) in [5.41, 5.74) is 3.58. The smallest absolute Gasteiger partial charge is 0.282 e. The van der Waals surface area contributed by atoms with Gasteiger partial charge >= 0.3 is 0 Å². The number of halogens is 2. The molecule has 4 aromatic rings. The minimum absolute atomic E-state index is 0.0734. The first-order valence-electron chi connectivity index (χ1n) is 13.9. The third-order valence-corrected chi connectivity index (χ3v) is 8.05. The van der Waals surface area contributed by atoms with E-state index in [4.69, 9.17) is 30.8 Å². The number of ether oxygens (including phenoxy) is 3. The van der Waals surface area contributed by atoms with E-state index in [1.54, 1.807) is 25.5 Å². The van der Waals surface area contributed by atoms with Gasteiger partial charge in [-0.3, -0.25) is 4.79 Å². The second-order valence-electron chi connectivity index (χ2n) is 11.6. The highest BCUT2D eigenvalue weighted by atomic mass is 79.9. The molecule has 0 N–H and O–H groups in total. The van der Waals surface area contributed by atoms with Gasteiger partial charge in [0.1, 0.15) is 10.8 Å². The Kier molecular flexibility index (Phi) is 9.68. The Morgan fingerprint density at radius 1 is 1.12 bits per heavy atom. The van der Waals surface area contributed by atoms with Crippen LogP contribution in [-0.2, 0) is 0 Å². The molecule has 1 heterocycles. The number of hydrogen-bond acceptors (Lipinski definition) is 6. The van der Waals surface area contributed by atoms with Crippen LogP contribution < -0.4 is 19.8 Å². The van der Waals surface area contributed by atoms with Gasteiger partial charge in [0.25, 0.3) is 5.56 Å². The zero-order valence-corrected chi connectivity index (χ0v) is 27.7. The Morgan fingerprint density at radius 2 is 1.83 bits per heavy atom. The van der Waals surface area contributed by atoms with Gasteiger partial charge in [-0.2, -0.15) is 9.78 Å². The summed E-state index contributed by atoms with van der Waals surface area (Å²) in [6.07, 6.45) is 1.57. The minimum Gasteiger partial charge on any atom is -0.494 e. The first-order chi connectivity index (χ1) is 19.9. The number of nitrogens with zero attached hydrogens (tertiary/aromatic N) is 3. The molecule has 9 heteroatoms. The van der Waals surface area contributed by atoms with Crippen LogP contribution in [0.5, 0.6) is 17.2 Å². The van der Waals surface area contributed by atoms with Gasteiger partial charge in [0, 0.05) is 15.6 Å². The predicted molar refractivity (Wildman–Crippen MR) is 175 cm³/mol. The molecule has 222 valence electrons. The molecule has 0 radical (unpaired) electrons. The molecule has 0 aliphatic carbocycles. The van der Waals surface area contributed by atoms with Gasteiger partial charge in [-0.25, -0.2) is 4.98 Å². The van der Waals surface area contributed by atoms with Crippen LogP contribution in [0.25, 0.3) is 22.3 Å². The lowest BCUT2D eigenvalue weighted by Gasteiger charge is -2.21. The Labute approximate surface area is 260 Å². The molecule has 0 saturated carbocycles. The molecule has 0 aliphatic rings. The Balaban J connectivity index is 1.92. The summed E-state index contributed by atoms with van der Waals surface area (Å²) < 4.78 is 19.5. The number of aryl methyl sites for hydroxylation is 1. The normalized spacial score (nSPS) is 12.0. The molecule has 3 aromatic carbocycles. The van der Waals surface area contributed by atoms with Crippen LogP contribution in [0.1, 0.15) is 64.2 Å². The lowest BCUT2D eigenvalue weighted by atomic mass is 9.96. The van der Waals surface area contributed by atoms with Crippen molar-refractivity contribution in [2.45, 2.75) is 54.4 Å². The van der Waals surface area contributed by atoms with E-state index in [-0.39, 0.29) is 16.9 Å².